The highest BCUT2D eigenvalue weighted by molar-refractivity contribution is 5.74. The van der Waals surface area contributed by atoms with Crippen LogP contribution in [0.1, 0.15) is 30.8 Å². The van der Waals surface area contributed by atoms with Gasteiger partial charge in [0.2, 0.25) is 0 Å². The van der Waals surface area contributed by atoms with Crippen molar-refractivity contribution in [1.29, 1.82) is 0 Å². The average Bonchev–Trinajstić information content (AvgIpc) is 3.04. The average molecular weight is 320 g/mol. The number of hydrogen-bond donors (Lipinski definition) is 3. The molecule has 0 aliphatic carbocycles. The van der Waals surface area contributed by atoms with Gasteiger partial charge in [0.05, 0.1) is 12.4 Å². The Morgan fingerprint density at radius 2 is 2.17 bits per heavy atom. The molecule has 2 atom stereocenters. The maximum atomic E-state index is 13.1. The molecule has 0 unspecified atom stereocenters. The Bertz CT molecular complexity index is 616. The summed E-state index contributed by atoms with van der Waals surface area (Å²) in [7, 11) is 0. The molecule has 0 saturated heterocycles. The summed E-state index contributed by atoms with van der Waals surface area (Å²) >= 11 is 0. The fourth-order valence-electron chi connectivity index (χ4n) is 2.18. The van der Waals surface area contributed by atoms with Gasteiger partial charge in [-0.1, -0.05) is 12.1 Å². The number of benzene rings is 1. The van der Waals surface area contributed by atoms with Gasteiger partial charge >= 0.3 is 6.03 Å². The lowest BCUT2D eigenvalue weighted by atomic mass is 10.1. The molecule has 23 heavy (non-hydrogen) atoms. The van der Waals surface area contributed by atoms with Crippen LogP contribution in [0.15, 0.2) is 47.1 Å². The molecule has 0 saturated carbocycles. The van der Waals surface area contributed by atoms with Crippen molar-refractivity contribution in [2.24, 2.45) is 0 Å². The summed E-state index contributed by atoms with van der Waals surface area (Å²) in [5, 5.41) is 15.3. The molecule has 0 bridgehead atoms. The van der Waals surface area contributed by atoms with Gasteiger partial charge in [0.15, 0.2) is 0 Å². The minimum absolute atomic E-state index is 0.0141. The molecule has 5 nitrogen and oxygen atoms in total. The molecule has 124 valence electrons. The number of nitrogens with one attached hydrogen (secondary N) is 2. The number of aliphatic hydroxyl groups excluding tert-OH is 1. The van der Waals surface area contributed by atoms with Crippen LogP contribution >= 0.6 is 0 Å². The van der Waals surface area contributed by atoms with Crippen molar-refractivity contribution in [2.75, 3.05) is 6.54 Å². The van der Waals surface area contributed by atoms with E-state index in [-0.39, 0.29) is 18.6 Å². The highest BCUT2D eigenvalue weighted by Gasteiger charge is 2.12. The molecule has 1 heterocycles. The third kappa shape index (κ3) is 5.75. The van der Waals surface area contributed by atoms with Crippen LogP contribution in [0.25, 0.3) is 0 Å². The van der Waals surface area contributed by atoms with Crippen LogP contribution in [0, 0.1) is 5.82 Å². The van der Waals surface area contributed by atoms with Gasteiger partial charge in [-0.05, 0) is 43.2 Å². The Kier molecular flexibility index (Phi) is 6.17. The van der Waals surface area contributed by atoms with Crippen molar-refractivity contribution < 1.29 is 18.7 Å². The number of rotatable bonds is 7. The Morgan fingerprint density at radius 3 is 2.87 bits per heavy atom. The van der Waals surface area contributed by atoms with Crippen LogP contribution in [-0.2, 0) is 6.42 Å². The first kappa shape index (κ1) is 17.0. The minimum atomic E-state index is -0.949. The van der Waals surface area contributed by atoms with Gasteiger partial charge < -0.3 is 20.2 Å². The molecule has 1 aromatic carbocycles. The van der Waals surface area contributed by atoms with Crippen molar-refractivity contribution in [3.05, 3.63) is 59.8 Å². The Labute approximate surface area is 134 Å². The van der Waals surface area contributed by atoms with E-state index < -0.39 is 11.9 Å². The summed E-state index contributed by atoms with van der Waals surface area (Å²) in [6, 6.07) is 8.99. The summed E-state index contributed by atoms with van der Waals surface area (Å²) in [5.74, 6) is 0.457. The fourth-order valence-corrected chi connectivity index (χ4v) is 2.18. The number of furan rings is 1. The SMILES string of the molecule is C[C@H](CCc1ccco1)NC(=O)NC[C@@H](O)c1cccc(F)c1. The number of carbonyl (C=O) groups excluding carboxylic acids is 1. The lowest BCUT2D eigenvalue weighted by molar-refractivity contribution is 0.172. The minimum Gasteiger partial charge on any atom is -0.469 e. The number of hydrogen-bond acceptors (Lipinski definition) is 3. The highest BCUT2D eigenvalue weighted by Crippen LogP contribution is 2.13. The predicted molar refractivity (Wildman–Crippen MR) is 84.4 cm³/mol. The topological polar surface area (TPSA) is 74.5 Å². The van der Waals surface area contributed by atoms with E-state index in [1.54, 1.807) is 12.3 Å². The zero-order valence-electron chi connectivity index (χ0n) is 13.0. The molecule has 0 aliphatic heterocycles. The Hall–Kier alpha value is -2.34. The van der Waals surface area contributed by atoms with E-state index in [9.17, 15) is 14.3 Å². The first-order chi connectivity index (χ1) is 11.0. The Morgan fingerprint density at radius 1 is 1.35 bits per heavy atom. The zero-order valence-corrected chi connectivity index (χ0v) is 13.0. The van der Waals surface area contributed by atoms with Gasteiger partial charge in [0, 0.05) is 19.0 Å². The van der Waals surface area contributed by atoms with Gasteiger partial charge in [-0.2, -0.15) is 0 Å². The quantitative estimate of drug-likeness (QED) is 0.734. The third-order valence-electron chi connectivity index (χ3n) is 3.47. The van der Waals surface area contributed by atoms with E-state index in [2.05, 4.69) is 10.6 Å². The van der Waals surface area contributed by atoms with Crippen LogP contribution in [0.4, 0.5) is 9.18 Å². The first-order valence-electron chi connectivity index (χ1n) is 7.55. The third-order valence-corrected chi connectivity index (χ3v) is 3.47. The maximum Gasteiger partial charge on any atom is 0.315 e. The van der Waals surface area contributed by atoms with Crippen LogP contribution < -0.4 is 10.6 Å². The van der Waals surface area contributed by atoms with Gasteiger partial charge in [-0.25, -0.2) is 9.18 Å². The van der Waals surface area contributed by atoms with E-state index >= 15 is 0 Å². The Balaban J connectivity index is 1.69. The molecule has 2 amide bonds. The molecule has 3 N–H and O–H groups in total. The lowest BCUT2D eigenvalue weighted by Crippen LogP contribution is -2.42. The number of amides is 2. The molecule has 6 heteroatoms. The zero-order chi connectivity index (χ0) is 16.7. The van der Waals surface area contributed by atoms with Crippen molar-refractivity contribution in [2.45, 2.75) is 31.9 Å². The van der Waals surface area contributed by atoms with Gasteiger partial charge in [0.1, 0.15) is 11.6 Å². The number of carbonyl (C=O) groups is 1. The molecule has 1 aromatic heterocycles. The van der Waals surface area contributed by atoms with Crippen molar-refractivity contribution >= 4 is 6.03 Å². The van der Waals surface area contributed by atoms with Gasteiger partial charge in [-0.15, -0.1) is 0 Å². The van der Waals surface area contributed by atoms with Crippen LogP contribution in [0.5, 0.6) is 0 Å². The van der Waals surface area contributed by atoms with Gasteiger partial charge in [0.25, 0.3) is 0 Å². The smallest absolute Gasteiger partial charge is 0.315 e. The van der Waals surface area contributed by atoms with Gasteiger partial charge in [-0.3, -0.25) is 0 Å². The number of halogens is 1. The van der Waals surface area contributed by atoms with E-state index in [4.69, 9.17) is 4.42 Å². The first-order valence-corrected chi connectivity index (χ1v) is 7.55. The standard InChI is InChI=1S/C17H21FN2O3/c1-12(7-8-15-6-3-9-23-15)20-17(22)19-11-16(21)13-4-2-5-14(18)10-13/h2-6,9-10,12,16,21H,7-8,11H2,1H3,(H2,19,20,22)/t12-,16-/m1/s1. The van der Waals surface area contributed by atoms with E-state index in [0.717, 1.165) is 18.6 Å². The summed E-state index contributed by atoms with van der Waals surface area (Å²) in [6.45, 7) is 1.91. The summed E-state index contributed by atoms with van der Waals surface area (Å²) in [5.41, 5.74) is 0.427. The molecular formula is C17H21FN2O3. The van der Waals surface area contributed by atoms with Crippen molar-refractivity contribution in [3.63, 3.8) is 0 Å². The number of aliphatic hydroxyl groups is 1. The molecule has 0 fully saturated rings. The second kappa shape index (κ2) is 8.33. The predicted octanol–water partition coefficient (Wildman–Crippen LogP) is 2.77. The van der Waals surface area contributed by atoms with Crippen molar-refractivity contribution in [1.82, 2.24) is 10.6 Å². The molecule has 2 rings (SSSR count). The number of aryl methyl sites for hydroxylation is 1. The highest BCUT2D eigenvalue weighted by atomic mass is 19.1. The monoisotopic (exact) mass is 320 g/mol. The van der Waals surface area contributed by atoms with Crippen LogP contribution in [0.3, 0.4) is 0 Å². The summed E-state index contributed by atoms with van der Waals surface area (Å²) in [6.07, 6.45) is 2.15. The van der Waals surface area contributed by atoms with Crippen molar-refractivity contribution in [3.8, 4) is 0 Å². The summed E-state index contributed by atoms with van der Waals surface area (Å²) < 4.78 is 18.3. The molecule has 0 radical (unpaired) electrons. The number of urea groups is 1. The van der Waals surface area contributed by atoms with E-state index in [1.165, 1.54) is 18.2 Å². The fraction of sp³-hybridized carbons (Fsp3) is 0.353. The molecule has 0 aliphatic rings. The second-order valence-corrected chi connectivity index (χ2v) is 5.44. The van der Waals surface area contributed by atoms with Crippen LogP contribution in [0.2, 0.25) is 0 Å². The van der Waals surface area contributed by atoms with Crippen LogP contribution in [-0.4, -0.2) is 23.7 Å². The molecule has 2 aromatic rings. The molecule has 0 spiro atoms. The van der Waals surface area contributed by atoms with E-state index in [1.807, 2.05) is 19.1 Å². The largest absolute Gasteiger partial charge is 0.469 e. The van der Waals surface area contributed by atoms with E-state index in [0.29, 0.717) is 5.56 Å². The lowest BCUT2D eigenvalue weighted by Gasteiger charge is -2.16. The normalized spacial score (nSPS) is 13.3. The summed E-state index contributed by atoms with van der Waals surface area (Å²) in [4.78, 5) is 11.8. The maximum absolute atomic E-state index is 13.1. The molecular weight excluding hydrogens is 299 g/mol. The second-order valence-electron chi connectivity index (χ2n) is 5.44.